The van der Waals surface area contributed by atoms with Gasteiger partial charge in [0.05, 0.1) is 18.2 Å². The van der Waals surface area contributed by atoms with Gasteiger partial charge in [-0.2, -0.15) is 0 Å². The van der Waals surface area contributed by atoms with E-state index in [1.54, 1.807) is 0 Å². The van der Waals surface area contributed by atoms with E-state index in [0.29, 0.717) is 12.1 Å². The van der Waals surface area contributed by atoms with Gasteiger partial charge in [0, 0.05) is 26.2 Å². The Labute approximate surface area is 125 Å². The lowest BCUT2D eigenvalue weighted by Gasteiger charge is -2.35. The van der Waals surface area contributed by atoms with Crippen molar-refractivity contribution in [1.82, 2.24) is 9.80 Å². The highest BCUT2D eigenvalue weighted by atomic mass is 16.2. The van der Waals surface area contributed by atoms with Crippen molar-refractivity contribution in [1.29, 1.82) is 0 Å². The van der Waals surface area contributed by atoms with Crippen molar-refractivity contribution in [3.05, 3.63) is 29.8 Å². The summed E-state index contributed by atoms with van der Waals surface area (Å²) >= 11 is 0. The van der Waals surface area contributed by atoms with Gasteiger partial charge < -0.3 is 4.90 Å². The highest BCUT2D eigenvalue weighted by Gasteiger charge is 2.43. The fourth-order valence-corrected chi connectivity index (χ4v) is 3.00. The normalized spacial score (nSPS) is 24.9. The van der Waals surface area contributed by atoms with Crippen LogP contribution in [0.1, 0.15) is 12.0 Å². The molecule has 1 aromatic rings. The zero-order valence-electron chi connectivity index (χ0n) is 12.6. The van der Waals surface area contributed by atoms with Gasteiger partial charge in [0.1, 0.15) is 0 Å². The van der Waals surface area contributed by atoms with Crippen molar-refractivity contribution in [3.8, 4) is 0 Å². The monoisotopic (exact) mass is 287 g/mol. The number of carbonyl (C=O) groups excluding carboxylic acids is 2. The van der Waals surface area contributed by atoms with E-state index in [1.807, 2.05) is 31.2 Å². The average Bonchev–Trinajstić information content (AvgIpc) is 2.76. The maximum Gasteiger partial charge on any atom is 0.251 e. The smallest absolute Gasteiger partial charge is 0.251 e. The molecular formula is C16H21N3O2. The van der Waals surface area contributed by atoms with Crippen molar-refractivity contribution in [2.45, 2.75) is 19.4 Å². The van der Waals surface area contributed by atoms with Crippen molar-refractivity contribution in [2.75, 3.05) is 38.1 Å². The van der Waals surface area contributed by atoms with Crippen LogP contribution in [0.15, 0.2) is 24.3 Å². The van der Waals surface area contributed by atoms with Crippen LogP contribution in [0.4, 0.5) is 5.69 Å². The second-order valence-corrected chi connectivity index (χ2v) is 5.96. The van der Waals surface area contributed by atoms with E-state index in [1.165, 1.54) is 4.90 Å². The van der Waals surface area contributed by atoms with Gasteiger partial charge >= 0.3 is 0 Å². The van der Waals surface area contributed by atoms with Gasteiger partial charge in [-0.05, 0) is 26.1 Å². The number of amides is 2. The quantitative estimate of drug-likeness (QED) is 0.757. The Morgan fingerprint density at radius 2 is 1.62 bits per heavy atom. The predicted octanol–water partition coefficient (Wildman–Crippen LogP) is 0.874. The maximum absolute atomic E-state index is 12.6. The van der Waals surface area contributed by atoms with Crippen molar-refractivity contribution < 1.29 is 9.59 Å². The number of likely N-dealkylation sites (N-methyl/N-ethyl adjacent to an activating group) is 1. The summed E-state index contributed by atoms with van der Waals surface area (Å²) in [5, 5.41) is 0. The summed E-state index contributed by atoms with van der Waals surface area (Å²) in [7, 11) is 2.08. The number of imide groups is 1. The Balaban J connectivity index is 1.77. The number of anilines is 1. The highest BCUT2D eigenvalue weighted by molar-refractivity contribution is 6.22. The molecule has 0 bridgehead atoms. The molecule has 0 radical (unpaired) electrons. The molecule has 2 fully saturated rings. The van der Waals surface area contributed by atoms with Gasteiger partial charge in [0.25, 0.3) is 5.91 Å². The molecule has 2 aliphatic rings. The lowest BCUT2D eigenvalue weighted by molar-refractivity contribution is -0.123. The number of hydrogen-bond acceptors (Lipinski definition) is 4. The Hall–Kier alpha value is -1.72. The molecule has 2 aliphatic heterocycles. The summed E-state index contributed by atoms with van der Waals surface area (Å²) in [6.07, 6.45) is 0.302. The minimum atomic E-state index is -0.285. The predicted molar refractivity (Wildman–Crippen MR) is 81.1 cm³/mol. The first-order valence-electron chi connectivity index (χ1n) is 7.42. The number of nitrogens with zero attached hydrogens (tertiary/aromatic N) is 3. The fourth-order valence-electron chi connectivity index (χ4n) is 3.00. The first kappa shape index (κ1) is 14.2. The molecule has 2 saturated heterocycles. The molecule has 3 rings (SSSR count). The molecule has 21 heavy (non-hydrogen) atoms. The molecule has 1 atom stereocenters. The largest absolute Gasteiger partial charge is 0.304 e. The summed E-state index contributed by atoms with van der Waals surface area (Å²) in [4.78, 5) is 30.6. The number of aryl methyl sites for hydroxylation is 1. The first-order valence-corrected chi connectivity index (χ1v) is 7.42. The van der Waals surface area contributed by atoms with Crippen molar-refractivity contribution in [3.63, 3.8) is 0 Å². The van der Waals surface area contributed by atoms with E-state index in [4.69, 9.17) is 0 Å². The summed E-state index contributed by atoms with van der Waals surface area (Å²) < 4.78 is 0. The second kappa shape index (κ2) is 5.58. The molecule has 0 aromatic heterocycles. The van der Waals surface area contributed by atoms with Crippen LogP contribution >= 0.6 is 0 Å². The van der Waals surface area contributed by atoms with Crippen LogP contribution in [-0.4, -0.2) is 60.9 Å². The number of piperazine rings is 1. The Morgan fingerprint density at radius 1 is 1.00 bits per heavy atom. The van der Waals surface area contributed by atoms with Gasteiger partial charge in [-0.15, -0.1) is 0 Å². The van der Waals surface area contributed by atoms with Crippen LogP contribution < -0.4 is 4.90 Å². The van der Waals surface area contributed by atoms with Crippen LogP contribution in [0.3, 0.4) is 0 Å². The van der Waals surface area contributed by atoms with Crippen LogP contribution in [0.2, 0.25) is 0 Å². The summed E-state index contributed by atoms with van der Waals surface area (Å²) in [5.74, 6) is -0.166. The minimum absolute atomic E-state index is 0.0755. The molecule has 112 valence electrons. The topological polar surface area (TPSA) is 43.9 Å². The SMILES string of the molecule is Cc1ccc(N2C(=O)C[C@@H](N3CCN(C)CC3)C2=O)cc1. The maximum atomic E-state index is 12.6. The van der Waals surface area contributed by atoms with Crippen molar-refractivity contribution in [2.24, 2.45) is 0 Å². The van der Waals surface area contributed by atoms with Crippen LogP contribution in [-0.2, 0) is 9.59 Å². The Kier molecular flexibility index (Phi) is 3.78. The highest BCUT2D eigenvalue weighted by Crippen LogP contribution is 2.26. The van der Waals surface area contributed by atoms with E-state index in [0.717, 1.165) is 31.7 Å². The average molecular weight is 287 g/mol. The number of carbonyl (C=O) groups is 2. The molecule has 5 heteroatoms. The summed E-state index contributed by atoms with van der Waals surface area (Å²) in [5.41, 5.74) is 1.81. The second-order valence-electron chi connectivity index (χ2n) is 5.96. The molecule has 0 unspecified atom stereocenters. The van der Waals surface area contributed by atoms with Gasteiger partial charge in [-0.3, -0.25) is 14.5 Å². The minimum Gasteiger partial charge on any atom is -0.304 e. The molecule has 0 N–H and O–H groups in total. The van der Waals surface area contributed by atoms with Gasteiger partial charge in [0.2, 0.25) is 5.91 Å². The first-order chi connectivity index (χ1) is 10.1. The number of rotatable bonds is 2. The van der Waals surface area contributed by atoms with Gasteiger partial charge in [0.15, 0.2) is 0 Å². The Bertz CT molecular complexity index is 547. The van der Waals surface area contributed by atoms with Crippen LogP contribution in [0, 0.1) is 6.92 Å². The van der Waals surface area contributed by atoms with E-state index >= 15 is 0 Å². The molecule has 0 aliphatic carbocycles. The molecule has 2 amide bonds. The molecule has 5 nitrogen and oxygen atoms in total. The van der Waals surface area contributed by atoms with E-state index < -0.39 is 0 Å². The number of benzene rings is 1. The third-order valence-corrected chi connectivity index (χ3v) is 4.39. The molecular weight excluding hydrogens is 266 g/mol. The number of hydrogen-bond donors (Lipinski definition) is 0. The molecule has 0 spiro atoms. The third-order valence-electron chi connectivity index (χ3n) is 4.39. The van der Waals surface area contributed by atoms with E-state index in [-0.39, 0.29) is 17.9 Å². The lowest BCUT2D eigenvalue weighted by atomic mass is 10.2. The standard InChI is InChI=1S/C16H21N3O2/c1-12-3-5-13(6-4-12)19-15(20)11-14(16(19)21)18-9-7-17(2)8-10-18/h3-6,14H,7-11H2,1-2H3/t14-/m1/s1. The zero-order chi connectivity index (χ0) is 15.0. The van der Waals surface area contributed by atoms with Crippen LogP contribution in [0.25, 0.3) is 0 Å². The molecule has 1 aromatic carbocycles. The van der Waals surface area contributed by atoms with Crippen molar-refractivity contribution >= 4 is 17.5 Å². The van der Waals surface area contributed by atoms with Crippen LogP contribution in [0.5, 0.6) is 0 Å². The van der Waals surface area contributed by atoms with Gasteiger partial charge in [-0.25, -0.2) is 4.90 Å². The summed E-state index contributed by atoms with van der Waals surface area (Å²) in [6.45, 7) is 5.58. The molecule has 0 saturated carbocycles. The Morgan fingerprint density at radius 3 is 2.24 bits per heavy atom. The lowest BCUT2D eigenvalue weighted by Crippen LogP contribution is -2.51. The fraction of sp³-hybridized carbons (Fsp3) is 0.500. The molecule has 2 heterocycles. The third kappa shape index (κ3) is 2.71. The summed E-state index contributed by atoms with van der Waals surface area (Å²) in [6, 6.07) is 7.26. The van der Waals surface area contributed by atoms with E-state index in [9.17, 15) is 9.59 Å². The zero-order valence-corrected chi connectivity index (χ0v) is 12.6. The van der Waals surface area contributed by atoms with Gasteiger partial charge in [-0.1, -0.05) is 17.7 Å². The van der Waals surface area contributed by atoms with E-state index in [2.05, 4.69) is 16.8 Å².